The van der Waals surface area contributed by atoms with Gasteiger partial charge in [0.1, 0.15) is 5.54 Å². The highest BCUT2D eigenvalue weighted by molar-refractivity contribution is 6.06. The fraction of sp³-hybridized carbons (Fsp3) is 0.625. The van der Waals surface area contributed by atoms with Crippen molar-refractivity contribution in [2.45, 2.75) is 60.8 Å². The summed E-state index contributed by atoms with van der Waals surface area (Å²) in [5.74, 6) is -0.425. The van der Waals surface area contributed by atoms with E-state index in [0.717, 1.165) is 12.8 Å². The monoisotopic (exact) mass is 470 g/mol. The van der Waals surface area contributed by atoms with E-state index in [1.807, 2.05) is 11.0 Å². The van der Waals surface area contributed by atoms with Crippen molar-refractivity contribution in [1.29, 1.82) is 0 Å². The molecule has 2 amide bonds. The predicted octanol–water partition coefficient (Wildman–Crippen LogP) is 1.11. The molecule has 180 valence electrons. The molecule has 6 atom stereocenters. The van der Waals surface area contributed by atoms with E-state index < -0.39 is 40.1 Å². The van der Waals surface area contributed by atoms with E-state index >= 15 is 0 Å². The summed E-state index contributed by atoms with van der Waals surface area (Å²) in [5.41, 5.74) is -4.03. The number of ether oxygens (including phenoxy) is 4. The lowest BCUT2D eigenvalue weighted by molar-refractivity contribution is -0.261. The first kappa shape index (κ1) is 20.4. The molecule has 6 fully saturated rings. The zero-order valence-electron chi connectivity index (χ0n) is 19.3. The van der Waals surface area contributed by atoms with Crippen LogP contribution in [0.4, 0.5) is 10.5 Å². The van der Waals surface area contributed by atoms with Crippen LogP contribution in [0, 0.1) is 5.41 Å². The van der Waals surface area contributed by atoms with Crippen molar-refractivity contribution in [3.63, 3.8) is 0 Å². The Morgan fingerprint density at radius 2 is 1.94 bits per heavy atom. The lowest BCUT2D eigenvalue weighted by Gasteiger charge is -2.73. The third-order valence-corrected chi connectivity index (χ3v) is 9.77. The predicted molar refractivity (Wildman–Crippen MR) is 115 cm³/mol. The van der Waals surface area contributed by atoms with E-state index in [2.05, 4.69) is 0 Å². The number of piperidine rings is 1. The fourth-order valence-corrected chi connectivity index (χ4v) is 9.05. The number of fused-ring (bicyclic) bond motifs is 2. The molecule has 4 bridgehead atoms. The van der Waals surface area contributed by atoms with Crippen LogP contribution in [-0.2, 0) is 24.5 Å². The molecule has 34 heavy (non-hydrogen) atoms. The Labute approximate surface area is 195 Å². The Morgan fingerprint density at radius 1 is 1.15 bits per heavy atom. The van der Waals surface area contributed by atoms with Crippen molar-refractivity contribution in [3.05, 3.63) is 17.7 Å². The summed E-state index contributed by atoms with van der Waals surface area (Å²) in [6.07, 6.45) is 0.851. The van der Waals surface area contributed by atoms with Gasteiger partial charge < -0.3 is 29.0 Å². The first-order chi connectivity index (χ1) is 16.3. The summed E-state index contributed by atoms with van der Waals surface area (Å²) in [6.45, 7) is 0.552. The number of amides is 2. The van der Waals surface area contributed by atoms with Gasteiger partial charge in [-0.05, 0) is 49.1 Å². The molecular formula is C24H26N2O8. The van der Waals surface area contributed by atoms with Gasteiger partial charge in [-0.2, -0.15) is 0 Å². The number of esters is 1. The number of nitrogens with zero attached hydrogens (tertiary/aromatic N) is 2. The van der Waals surface area contributed by atoms with Crippen LogP contribution in [0.2, 0.25) is 0 Å². The Balaban J connectivity index is 1.68. The summed E-state index contributed by atoms with van der Waals surface area (Å²) in [4.78, 5) is 44.2. The van der Waals surface area contributed by atoms with Crippen molar-refractivity contribution >= 4 is 23.7 Å². The molecule has 8 rings (SSSR count). The minimum absolute atomic E-state index is 0.128. The van der Waals surface area contributed by atoms with E-state index in [9.17, 15) is 19.5 Å². The van der Waals surface area contributed by atoms with Gasteiger partial charge in [-0.1, -0.05) is 6.07 Å². The number of hydrogen-bond donors (Lipinski definition) is 1. The molecule has 10 heteroatoms. The number of rotatable bonds is 2. The summed E-state index contributed by atoms with van der Waals surface area (Å²) >= 11 is 0. The Morgan fingerprint density at radius 3 is 2.65 bits per heavy atom. The molecule has 10 nitrogen and oxygen atoms in total. The van der Waals surface area contributed by atoms with Crippen LogP contribution in [0.1, 0.15) is 37.7 Å². The maximum Gasteiger partial charge on any atom is 0.414 e. The smallest absolute Gasteiger partial charge is 0.414 e. The fourth-order valence-electron chi connectivity index (χ4n) is 9.05. The van der Waals surface area contributed by atoms with Crippen LogP contribution >= 0.6 is 0 Å². The molecule has 3 aliphatic carbocycles. The molecule has 3 spiro atoms. The molecule has 3 saturated heterocycles. The van der Waals surface area contributed by atoms with Crippen LogP contribution < -0.4 is 14.4 Å². The second-order valence-electron chi connectivity index (χ2n) is 10.5. The highest BCUT2D eigenvalue weighted by Gasteiger charge is 2.93. The lowest BCUT2D eigenvalue weighted by Crippen LogP contribution is -2.89. The first-order valence-corrected chi connectivity index (χ1v) is 11.7. The Hall–Kier alpha value is -3.01. The van der Waals surface area contributed by atoms with Crippen molar-refractivity contribution < 1.29 is 38.4 Å². The van der Waals surface area contributed by atoms with Crippen molar-refractivity contribution in [2.75, 3.05) is 32.8 Å². The zero-order chi connectivity index (χ0) is 23.8. The number of anilines is 1. The summed E-state index contributed by atoms with van der Waals surface area (Å²) in [5, 5.41) is 12.3. The van der Waals surface area contributed by atoms with Gasteiger partial charge in [-0.25, -0.2) is 9.59 Å². The highest BCUT2D eigenvalue weighted by atomic mass is 16.6. The molecule has 1 N–H and O–H groups in total. The lowest BCUT2D eigenvalue weighted by atomic mass is 9.36. The molecular weight excluding hydrogens is 444 g/mol. The van der Waals surface area contributed by atoms with Gasteiger partial charge in [-0.3, -0.25) is 9.69 Å². The van der Waals surface area contributed by atoms with Gasteiger partial charge in [0.2, 0.25) is 0 Å². The summed E-state index contributed by atoms with van der Waals surface area (Å²) < 4.78 is 22.4. The highest BCUT2D eigenvalue weighted by Crippen LogP contribution is 2.79. The van der Waals surface area contributed by atoms with Gasteiger partial charge in [0, 0.05) is 6.54 Å². The van der Waals surface area contributed by atoms with Crippen LogP contribution in [0.5, 0.6) is 11.5 Å². The average Bonchev–Trinajstić information content (AvgIpc) is 3.27. The van der Waals surface area contributed by atoms with Gasteiger partial charge in [0.25, 0.3) is 5.91 Å². The van der Waals surface area contributed by atoms with Crippen molar-refractivity contribution in [3.8, 4) is 11.5 Å². The minimum Gasteiger partial charge on any atom is -0.493 e. The zero-order valence-corrected chi connectivity index (χ0v) is 19.3. The second kappa shape index (κ2) is 5.79. The Bertz CT molecular complexity index is 1200. The van der Waals surface area contributed by atoms with Crippen LogP contribution in [0.15, 0.2) is 12.1 Å². The van der Waals surface area contributed by atoms with E-state index in [1.54, 1.807) is 6.07 Å². The number of aliphatic hydroxyl groups is 1. The molecule has 0 aromatic heterocycles. The van der Waals surface area contributed by atoms with Crippen molar-refractivity contribution in [2.24, 2.45) is 5.41 Å². The Kier molecular flexibility index (Phi) is 3.47. The topological polar surface area (TPSA) is 115 Å². The van der Waals surface area contributed by atoms with Crippen LogP contribution in [0.25, 0.3) is 0 Å². The number of methoxy groups -OCH3 is 3. The van der Waals surface area contributed by atoms with Crippen LogP contribution in [-0.4, -0.2) is 79.1 Å². The standard InChI is InChI=1S/C24H26N2O8/c1-31-13-6-5-12-14(15(13)32-2)26(20(29)33-3)23-9-8-21-7-4-10-25-17(27)16(24(12,23)18(21)25)34-19(28)22(23,30)11-21/h5-6,16,18,30H,4,7-11H2,1-3H3/t16?,18-,21+,22-,23+,24-/m0/s1. The number of benzene rings is 1. The van der Waals surface area contributed by atoms with Gasteiger partial charge in [0.05, 0.1) is 38.5 Å². The molecule has 1 aromatic carbocycles. The maximum atomic E-state index is 13.8. The van der Waals surface area contributed by atoms with Gasteiger partial charge >= 0.3 is 12.1 Å². The summed E-state index contributed by atoms with van der Waals surface area (Å²) in [7, 11) is 4.23. The second-order valence-corrected chi connectivity index (χ2v) is 10.5. The molecule has 4 heterocycles. The van der Waals surface area contributed by atoms with Crippen LogP contribution in [0.3, 0.4) is 0 Å². The van der Waals surface area contributed by atoms with E-state index in [0.29, 0.717) is 42.1 Å². The van der Waals surface area contributed by atoms with E-state index in [4.69, 9.17) is 18.9 Å². The summed E-state index contributed by atoms with van der Waals surface area (Å²) in [6, 6.07) is 3.25. The average molecular weight is 470 g/mol. The van der Waals surface area contributed by atoms with E-state index in [-0.39, 0.29) is 18.4 Å². The number of carbonyl (C=O) groups is 3. The van der Waals surface area contributed by atoms with Crippen molar-refractivity contribution in [1.82, 2.24) is 4.90 Å². The quantitative estimate of drug-likeness (QED) is 0.640. The van der Waals surface area contributed by atoms with Gasteiger partial charge in [0.15, 0.2) is 23.2 Å². The molecule has 1 unspecified atom stereocenters. The largest absolute Gasteiger partial charge is 0.493 e. The number of hydrogen-bond acceptors (Lipinski definition) is 8. The SMILES string of the molecule is COC(=O)N1c2c(ccc(OC)c2OC)[C@]23C4OC(=O)[C@@]5(O)C[C@@]6(CCCN(C4=O)[C@@H]62)CC[C@]135. The number of carbonyl (C=O) groups excluding carboxylic acids is 3. The molecule has 0 radical (unpaired) electrons. The normalized spacial score (nSPS) is 42.2. The van der Waals surface area contributed by atoms with Gasteiger partial charge in [-0.15, -0.1) is 0 Å². The minimum atomic E-state index is -2.00. The first-order valence-electron chi connectivity index (χ1n) is 11.7. The maximum absolute atomic E-state index is 13.8. The third kappa shape index (κ3) is 1.63. The molecule has 4 aliphatic heterocycles. The molecule has 1 aromatic rings. The molecule has 7 aliphatic rings. The molecule has 3 saturated carbocycles. The third-order valence-electron chi connectivity index (χ3n) is 9.77. The van der Waals surface area contributed by atoms with E-state index in [1.165, 1.54) is 26.2 Å².